The van der Waals surface area contributed by atoms with Crippen LogP contribution in [0.4, 0.5) is 0 Å². The summed E-state index contributed by atoms with van der Waals surface area (Å²) in [4.78, 5) is 0. The number of rotatable bonds is 4. The zero-order chi connectivity index (χ0) is 14.0. The molecule has 0 aliphatic rings. The van der Waals surface area contributed by atoms with Gasteiger partial charge in [0.15, 0.2) is 0 Å². The van der Waals surface area contributed by atoms with Crippen molar-refractivity contribution in [3.63, 3.8) is 0 Å². The molecule has 1 unspecified atom stereocenters. The van der Waals surface area contributed by atoms with Crippen molar-refractivity contribution in [3.8, 4) is 0 Å². The van der Waals surface area contributed by atoms with Gasteiger partial charge in [-0.3, -0.25) is 4.68 Å². The molecule has 0 radical (unpaired) electrons. The monoisotopic (exact) mass is 323 g/mol. The van der Waals surface area contributed by atoms with Gasteiger partial charge in [-0.1, -0.05) is 30.3 Å². The van der Waals surface area contributed by atoms with Crippen LogP contribution < -0.4 is 5.73 Å². The molecule has 1 aromatic carbocycles. The van der Waals surface area contributed by atoms with Gasteiger partial charge in [0.2, 0.25) is 0 Å². The number of aryl methyl sites for hydroxylation is 2. The van der Waals surface area contributed by atoms with Crippen molar-refractivity contribution in [2.45, 2.75) is 18.9 Å². The fourth-order valence-electron chi connectivity index (χ4n) is 2.19. The van der Waals surface area contributed by atoms with Gasteiger partial charge in [-0.2, -0.15) is 5.10 Å². The highest BCUT2D eigenvalue weighted by Gasteiger charge is 2.30. The third kappa shape index (κ3) is 2.73. The molecule has 0 saturated carbocycles. The van der Waals surface area contributed by atoms with Gasteiger partial charge in [0.25, 0.3) is 0 Å². The molecule has 0 spiro atoms. The van der Waals surface area contributed by atoms with Crippen LogP contribution in [0, 0.1) is 6.92 Å². The van der Waals surface area contributed by atoms with Crippen molar-refractivity contribution >= 4 is 15.9 Å². The summed E-state index contributed by atoms with van der Waals surface area (Å²) in [6.45, 7) is 2.09. The molecule has 5 heteroatoms. The van der Waals surface area contributed by atoms with Gasteiger partial charge < -0.3 is 10.8 Å². The third-order valence-corrected chi connectivity index (χ3v) is 4.40. The van der Waals surface area contributed by atoms with E-state index in [-0.39, 0.29) is 6.54 Å². The molecule has 3 N–H and O–H groups in total. The van der Waals surface area contributed by atoms with Crippen LogP contribution in [0.1, 0.15) is 17.0 Å². The molecule has 1 atom stereocenters. The van der Waals surface area contributed by atoms with Crippen LogP contribution in [0.25, 0.3) is 0 Å². The number of aromatic nitrogens is 2. The highest BCUT2D eigenvalue weighted by Crippen LogP contribution is 2.29. The highest BCUT2D eigenvalue weighted by molar-refractivity contribution is 9.10. The van der Waals surface area contributed by atoms with Crippen molar-refractivity contribution in [3.05, 3.63) is 51.8 Å². The van der Waals surface area contributed by atoms with Crippen LogP contribution in [-0.4, -0.2) is 21.4 Å². The van der Waals surface area contributed by atoms with Crippen LogP contribution in [0.5, 0.6) is 0 Å². The molecule has 0 aliphatic heterocycles. The second-order valence-electron chi connectivity index (χ2n) is 4.75. The maximum Gasteiger partial charge on any atom is 0.107 e. The first-order chi connectivity index (χ1) is 8.98. The molecule has 102 valence electrons. The molecule has 2 aromatic rings. The van der Waals surface area contributed by atoms with E-state index in [0.717, 1.165) is 21.4 Å². The Morgan fingerprint density at radius 2 is 2.00 bits per heavy atom. The predicted molar refractivity (Wildman–Crippen MR) is 78.7 cm³/mol. The Bertz CT molecular complexity index is 568. The SMILES string of the molecule is Cc1nn(C)c(CC(O)(CN)c2ccccc2)c1Br. The Kier molecular flexibility index (Phi) is 4.08. The number of nitrogens with zero attached hydrogens (tertiary/aromatic N) is 2. The fraction of sp³-hybridized carbons (Fsp3) is 0.357. The Balaban J connectivity index is 2.39. The number of benzene rings is 1. The maximum absolute atomic E-state index is 10.8. The lowest BCUT2D eigenvalue weighted by Crippen LogP contribution is -2.37. The van der Waals surface area contributed by atoms with Crippen molar-refractivity contribution in [2.24, 2.45) is 12.8 Å². The largest absolute Gasteiger partial charge is 0.383 e. The Morgan fingerprint density at radius 1 is 1.37 bits per heavy atom. The average Bonchev–Trinajstić information content (AvgIpc) is 2.66. The summed E-state index contributed by atoms with van der Waals surface area (Å²) in [6, 6.07) is 9.51. The normalized spacial score (nSPS) is 14.4. The van der Waals surface area contributed by atoms with E-state index in [2.05, 4.69) is 21.0 Å². The number of aliphatic hydroxyl groups is 1. The maximum atomic E-state index is 10.8. The van der Waals surface area contributed by atoms with Gasteiger partial charge in [-0.25, -0.2) is 0 Å². The van der Waals surface area contributed by atoms with E-state index in [4.69, 9.17) is 5.73 Å². The van der Waals surface area contributed by atoms with E-state index in [0.29, 0.717) is 6.42 Å². The van der Waals surface area contributed by atoms with Gasteiger partial charge >= 0.3 is 0 Å². The van der Waals surface area contributed by atoms with E-state index >= 15 is 0 Å². The molecule has 1 aromatic heterocycles. The van der Waals surface area contributed by atoms with E-state index in [1.54, 1.807) is 4.68 Å². The first-order valence-corrected chi connectivity index (χ1v) is 6.93. The van der Waals surface area contributed by atoms with Gasteiger partial charge in [0.05, 0.1) is 15.9 Å². The molecule has 1 heterocycles. The molecule has 0 amide bonds. The summed E-state index contributed by atoms with van der Waals surface area (Å²) in [5, 5.41) is 15.2. The minimum absolute atomic E-state index is 0.160. The summed E-state index contributed by atoms with van der Waals surface area (Å²) in [6.07, 6.45) is 0.422. The lowest BCUT2D eigenvalue weighted by Gasteiger charge is -2.27. The zero-order valence-electron chi connectivity index (χ0n) is 11.1. The van der Waals surface area contributed by atoms with Gasteiger partial charge in [0, 0.05) is 20.0 Å². The van der Waals surface area contributed by atoms with Crippen LogP contribution in [0.2, 0.25) is 0 Å². The topological polar surface area (TPSA) is 64.1 Å². The summed E-state index contributed by atoms with van der Waals surface area (Å²) in [5.74, 6) is 0. The fourth-order valence-corrected chi connectivity index (χ4v) is 2.67. The molecule has 0 saturated heterocycles. The number of halogens is 1. The molecule has 0 aliphatic carbocycles. The van der Waals surface area contributed by atoms with Crippen LogP contribution in [0.15, 0.2) is 34.8 Å². The Hall–Kier alpha value is -1.17. The summed E-state index contributed by atoms with van der Waals surface area (Å²) >= 11 is 3.52. The lowest BCUT2D eigenvalue weighted by molar-refractivity contribution is 0.0442. The Labute approximate surface area is 121 Å². The van der Waals surface area contributed by atoms with Gasteiger partial charge in [0.1, 0.15) is 5.60 Å². The predicted octanol–water partition coefficient (Wildman–Crippen LogP) is 1.88. The van der Waals surface area contributed by atoms with E-state index < -0.39 is 5.60 Å². The second-order valence-corrected chi connectivity index (χ2v) is 5.54. The van der Waals surface area contributed by atoms with Crippen LogP contribution in [-0.2, 0) is 19.1 Å². The Morgan fingerprint density at radius 3 is 2.47 bits per heavy atom. The molecule has 0 fully saturated rings. The van der Waals surface area contributed by atoms with E-state index in [9.17, 15) is 5.11 Å². The lowest BCUT2D eigenvalue weighted by atomic mass is 9.89. The molecule has 4 nitrogen and oxygen atoms in total. The summed E-state index contributed by atoms with van der Waals surface area (Å²) < 4.78 is 2.71. The van der Waals surface area contributed by atoms with E-state index in [1.807, 2.05) is 44.3 Å². The minimum Gasteiger partial charge on any atom is -0.383 e. The zero-order valence-corrected chi connectivity index (χ0v) is 12.7. The van der Waals surface area contributed by atoms with Crippen LogP contribution >= 0.6 is 15.9 Å². The molecule has 19 heavy (non-hydrogen) atoms. The summed E-state index contributed by atoms with van der Waals surface area (Å²) in [7, 11) is 1.87. The van der Waals surface area contributed by atoms with Crippen molar-refractivity contribution in [2.75, 3.05) is 6.54 Å². The molecule has 2 rings (SSSR count). The van der Waals surface area contributed by atoms with E-state index in [1.165, 1.54) is 0 Å². The molecular formula is C14H18BrN3O. The summed E-state index contributed by atoms with van der Waals surface area (Å²) in [5.41, 5.74) is 7.39. The smallest absolute Gasteiger partial charge is 0.107 e. The number of hydrogen-bond donors (Lipinski definition) is 2. The van der Waals surface area contributed by atoms with Gasteiger partial charge in [-0.15, -0.1) is 0 Å². The first kappa shape index (κ1) is 14.2. The minimum atomic E-state index is -1.08. The van der Waals surface area contributed by atoms with Crippen molar-refractivity contribution < 1.29 is 5.11 Å². The average molecular weight is 324 g/mol. The highest BCUT2D eigenvalue weighted by atomic mass is 79.9. The van der Waals surface area contributed by atoms with Crippen molar-refractivity contribution in [1.29, 1.82) is 0 Å². The number of nitrogens with two attached hydrogens (primary N) is 1. The quantitative estimate of drug-likeness (QED) is 0.903. The standard InChI is InChI=1S/C14H18BrN3O/c1-10-13(15)12(18(2)17-10)8-14(19,9-16)11-6-4-3-5-7-11/h3-7,19H,8-9,16H2,1-2H3. The van der Waals surface area contributed by atoms with Gasteiger partial charge in [-0.05, 0) is 28.4 Å². The third-order valence-electron chi connectivity index (χ3n) is 3.37. The second kappa shape index (κ2) is 5.45. The first-order valence-electron chi connectivity index (χ1n) is 6.14. The van der Waals surface area contributed by atoms with Crippen LogP contribution in [0.3, 0.4) is 0 Å². The molecule has 0 bridgehead atoms. The molecular weight excluding hydrogens is 306 g/mol. The number of hydrogen-bond acceptors (Lipinski definition) is 3. The van der Waals surface area contributed by atoms with Crippen molar-refractivity contribution in [1.82, 2.24) is 9.78 Å².